The summed E-state index contributed by atoms with van der Waals surface area (Å²) in [5.74, 6) is 0.220. The van der Waals surface area contributed by atoms with Crippen molar-refractivity contribution in [1.29, 1.82) is 0 Å². The molecule has 0 aliphatic rings. The molecule has 1 unspecified atom stereocenters. The normalized spacial score (nSPS) is 11.9. The summed E-state index contributed by atoms with van der Waals surface area (Å²) >= 11 is 0. The molecular formula is C56H88O3. The summed E-state index contributed by atoms with van der Waals surface area (Å²) in [6.45, 7) is 7.46. The summed E-state index contributed by atoms with van der Waals surface area (Å²) in [7, 11) is 0. The highest BCUT2D eigenvalue weighted by Gasteiger charge is 2.12. The van der Waals surface area contributed by atoms with E-state index in [4.69, 9.17) is 9.47 Å². The summed E-state index contributed by atoms with van der Waals surface area (Å²) in [6.07, 6.45) is 44.2. The van der Waals surface area contributed by atoms with Crippen molar-refractivity contribution in [2.75, 3.05) is 6.61 Å². The molecule has 0 aliphatic heterocycles. The second-order valence-electron chi connectivity index (χ2n) is 17.7. The van der Waals surface area contributed by atoms with Gasteiger partial charge in [-0.25, -0.2) is 4.79 Å². The molecule has 3 nitrogen and oxygen atoms in total. The van der Waals surface area contributed by atoms with Crippen LogP contribution < -0.4 is 4.74 Å². The number of rotatable bonds is 38. The molecular weight excluding hydrogens is 721 g/mol. The van der Waals surface area contributed by atoms with Gasteiger partial charge in [-0.2, -0.15) is 0 Å². The van der Waals surface area contributed by atoms with E-state index < -0.39 is 0 Å². The predicted molar refractivity (Wildman–Crippen MR) is 256 cm³/mol. The van der Waals surface area contributed by atoms with Gasteiger partial charge in [0.2, 0.25) is 0 Å². The van der Waals surface area contributed by atoms with E-state index in [1.165, 1.54) is 204 Å². The molecule has 0 saturated heterocycles. The molecule has 3 aromatic carbocycles. The monoisotopic (exact) mass is 809 g/mol. The second kappa shape index (κ2) is 34.8. The maximum atomic E-state index is 12.9. The average molecular weight is 809 g/mol. The fourth-order valence-electron chi connectivity index (χ4n) is 8.34. The van der Waals surface area contributed by atoms with Crippen LogP contribution in [0.5, 0.6) is 5.75 Å². The fraction of sp³-hybridized carbons (Fsp3) is 0.661. The number of ether oxygens (including phenoxy) is 2. The lowest BCUT2D eigenvalue weighted by Gasteiger charge is -2.14. The molecule has 0 heterocycles. The number of carbonyl (C=O) groups excluding carboxylic acids is 1. The molecule has 0 aliphatic carbocycles. The van der Waals surface area contributed by atoms with Crippen molar-refractivity contribution in [3.8, 4) is 16.9 Å². The summed E-state index contributed by atoms with van der Waals surface area (Å²) in [6, 6.07) is 24.5. The van der Waals surface area contributed by atoms with Crippen molar-refractivity contribution in [3.05, 3.63) is 89.5 Å². The number of benzene rings is 3. The van der Waals surface area contributed by atoms with Gasteiger partial charge < -0.3 is 9.47 Å². The van der Waals surface area contributed by atoms with Gasteiger partial charge in [-0.1, -0.05) is 249 Å². The molecule has 3 aromatic rings. The van der Waals surface area contributed by atoms with Gasteiger partial charge in [-0.15, -0.1) is 0 Å². The highest BCUT2D eigenvalue weighted by atomic mass is 16.5. The first-order chi connectivity index (χ1) is 29.1. The van der Waals surface area contributed by atoms with E-state index in [2.05, 4.69) is 45.0 Å². The molecule has 0 bridgehead atoms. The highest BCUT2D eigenvalue weighted by Crippen LogP contribution is 2.25. The van der Waals surface area contributed by atoms with Crippen molar-refractivity contribution in [2.45, 2.75) is 232 Å². The van der Waals surface area contributed by atoms with E-state index in [9.17, 15) is 4.79 Å². The maximum Gasteiger partial charge on any atom is 0.343 e. The van der Waals surface area contributed by atoms with Crippen LogP contribution in [0, 0.1) is 0 Å². The van der Waals surface area contributed by atoms with E-state index in [0.717, 1.165) is 30.6 Å². The number of hydrogen-bond acceptors (Lipinski definition) is 3. The van der Waals surface area contributed by atoms with Crippen molar-refractivity contribution in [2.24, 2.45) is 0 Å². The van der Waals surface area contributed by atoms with E-state index in [1.807, 2.05) is 48.5 Å². The van der Waals surface area contributed by atoms with Gasteiger partial charge in [-0.05, 0) is 72.7 Å². The summed E-state index contributed by atoms with van der Waals surface area (Å²) in [5, 5.41) is 0. The number of hydrogen-bond donors (Lipinski definition) is 0. The summed E-state index contributed by atoms with van der Waals surface area (Å²) in [4.78, 5) is 12.9. The van der Waals surface area contributed by atoms with Gasteiger partial charge in [0.05, 0.1) is 11.7 Å². The lowest BCUT2D eigenvalue weighted by atomic mass is 10.0. The minimum atomic E-state index is -0.339. The largest absolute Gasteiger partial charge is 0.423 e. The van der Waals surface area contributed by atoms with Gasteiger partial charge in [0, 0.05) is 6.61 Å². The Balaban J connectivity index is 1.18. The zero-order valence-corrected chi connectivity index (χ0v) is 38.6. The molecule has 0 radical (unpaired) electrons. The van der Waals surface area contributed by atoms with Gasteiger partial charge in [0.15, 0.2) is 0 Å². The lowest BCUT2D eigenvalue weighted by Crippen LogP contribution is -2.09. The first-order valence-electron chi connectivity index (χ1n) is 25.2. The molecule has 0 spiro atoms. The van der Waals surface area contributed by atoms with E-state index in [1.54, 1.807) is 0 Å². The van der Waals surface area contributed by atoms with Crippen LogP contribution in [0.3, 0.4) is 0 Å². The number of aryl methyl sites for hydroxylation is 1. The molecule has 0 N–H and O–H groups in total. The Kier molecular flexibility index (Phi) is 29.7. The topological polar surface area (TPSA) is 35.5 Å². The molecule has 0 fully saturated rings. The fourth-order valence-corrected chi connectivity index (χ4v) is 8.34. The van der Waals surface area contributed by atoms with Crippen LogP contribution in [0.25, 0.3) is 11.1 Å². The Morgan fingerprint density at radius 2 is 0.780 bits per heavy atom. The average Bonchev–Trinajstić information content (AvgIpc) is 3.26. The van der Waals surface area contributed by atoms with Gasteiger partial charge in [0.1, 0.15) is 5.75 Å². The second-order valence-corrected chi connectivity index (χ2v) is 17.7. The van der Waals surface area contributed by atoms with Crippen molar-refractivity contribution in [3.63, 3.8) is 0 Å². The number of carbonyl (C=O) groups is 1. The molecule has 0 aromatic heterocycles. The van der Waals surface area contributed by atoms with Crippen LogP contribution in [0.15, 0.2) is 72.8 Å². The van der Waals surface area contributed by atoms with E-state index in [-0.39, 0.29) is 12.1 Å². The Labute approximate surface area is 364 Å². The minimum Gasteiger partial charge on any atom is -0.423 e. The Hall–Kier alpha value is -2.91. The maximum absolute atomic E-state index is 12.9. The Bertz CT molecular complexity index is 1390. The van der Waals surface area contributed by atoms with Crippen LogP contribution in [0.2, 0.25) is 0 Å². The molecule has 330 valence electrons. The third-order valence-electron chi connectivity index (χ3n) is 12.4. The first kappa shape index (κ1) is 50.4. The molecule has 3 rings (SSSR count). The van der Waals surface area contributed by atoms with Crippen LogP contribution in [0.4, 0.5) is 0 Å². The third kappa shape index (κ3) is 24.8. The van der Waals surface area contributed by atoms with Crippen LogP contribution in [-0.4, -0.2) is 12.6 Å². The Morgan fingerprint density at radius 3 is 1.19 bits per heavy atom. The van der Waals surface area contributed by atoms with Crippen molar-refractivity contribution >= 4 is 5.97 Å². The molecule has 3 heteroatoms. The SMILES string of the molecule is CCCCCCCCCCCCCCCCCCCCOC(C)c1ccc(C(=O)Oc2ccc(-c3ccc(CCCCCCCCCCCCCCC)cc3)cc2)cc1. The number of unbranched alkanes of at least 4 members (excludes halogenated alkanes) is 29. The highest BCUT2D eigenvalue weighted by molar-refractivity contribution is 5.91. The van der Waals surface area contributed by atoms with Crippen LogP contribution >= 0.6 is 0 Å². The zero-order chi connectivity index (χ0) is 41.9. The van der Waals surface area contributed by atoms with E-state index >= 15 is 0 Å². The zero-order valence-electron chi connectivity index (χ0n) is 38.6. The standard InChI is InChI=1S/C56H88O3/c1-4-6-8-10-12-14-16-18-19-20-21-22-24-26-28-30-32-34-48-58-49(3)51-40-42-54(43-41-51)56(57)59-55-46-44-53(45-47-55)52-38-36-50(37-39-52)35-33-31-29-27-25-23-17-15-13-11-9-7-5-2/h36-47,49H,4-35,48H2,1-3H3. The predicted octanol–water partition coefficient (Wildman–Crippen LogP) is 18.3. The van der Waals surface area contributed by atoms with Gasteiger partial charge in [-0.3, -0.25) is 0 Å². The lowest BCUT2D eigenvalue weighted by molar-refractivity contribution is 0.0626. The molecule has 0 amide bonds. The van der Waals surface area contributed by atoms with Crippen molar-refractivity contribution < 1.29 is 14.3 Å². The van der Waals surface area contributed by atoms with Crippen LogP contribution in [-0.2, 0) is 11.2 Å². The molecule has 0 saturated carbocycles. The first-order valence-corrected chi connectivity index (χ1v) is 25.2. The van der Waals surface area contributed by atoms with Gasteiger partial charge >= 0.3 is 5.97 Å². The number of esters is 1. The van der Waals surface area contributed by atoms with Gasteiger partial charge in [0.25, 0.3) is 0 Å². The Morgan fingerprint density at radius 1 is 0.424 bits per heavy atom. The molecule has 59 heavy (non-hydrogen) atoms. The summed E-state index contributed by atoms with van der Waals surface area (Å²) < 4.78 is 11.9. The van der Waals surface area contributed by atoms with Crippen LogP contribution in [0.1, 0.15) is 247 Å². The van der Waals surface area contributed by atoms with E-state index in [0.29, 0.717) is 11.3 Å². The quantitative estimate of drug-likeness (QED) is 0.0329. The molecule has 1 atom stereocenters. The minimum absolute atomic E-state index is 0.00619. The third-order valence-corrected chi connectivity index (χ3v) is 12.4. The smallest absolute Gasteiger partial charge is 0.343 e. The summed E-state index contributed by atoms with van der Waals surface area (Å²) in [5.41, 5.74) is 5.36. The van der Waals surface area contributed by atoms with Crippen molar-refractivity contribution in [1.82, 2.24) is 0 Å².